The summed E-state index contributed by atoms with van der Waals surface area (Å²) in [5.41, 5.74) is 0. The average Bonchev–Trinajstić information content (AvgIpc) is 1.21. The summed E-state index contributed by atoms with van der Waals surface area (Å²) >= 11 is 0. The van der Waals surface area contributed by atoms with Gasteiger partial charge in [0.15, 0.2) is 0 Å². The molecule has 0 aromatic carbocycles. The van der Waals surface area contributed by atoms with Crippen molar-refractivity contribution >= 4 is 7.82 Å². The molecule has 10 heavy (non-hydrogen) atoms. The first-order chi connectivity index (χ1) is 3.42. The molecule has 0 saturated carbocycles. The minimum atomic E-state index is -5.42. The molecule has 0 N–H and O–H groups in total. The predicted octanol–water partition coefficient (Wildman–Crippen LogP) is -7.97. The molecule has 0 heterocycles. The first-order valence-corrected chi connectivity index (χ1v) is 2.74. The summed E-state index contributed by atoms with van der Waals surface area (Å²) in [6.07, 6.45) is 0. The van der Waals surface area contributed by atoms with Crippen LogP contribution in [-0.2, 0) is 9.19 Å². The second-order valence-electron chi connectivity index (χ2n) is 0.752. The van der Waals surface area contributed by atoms with Crippen LogP contribution in [0, 0.1) is 10.1 Å². The summed E-state index contributed by atoms with van der Waals surface area (Å²) in [5, 5.41) is 7.35. The Bertz CT molecular complexity index is 139. The number of rotatable bonds is 2. The van der Waals surface area contributed by atoms with E-state index in [0.717, 1.165) is 0 Å². The molecule has 0 aromatic rings. The van der Waals surface area contributed by atoms with Gasteiger partial charge in [-0.3, -0.25) is 4.62 Å². The van der Waals surface area contributed by atoms with Gasteiger partial charge in [-0.15, -0.1) is 10.1 Å². The first kappa shape index (κ1) is 17.4. The van der Waals surface area contributed by atoms with Gasteiger partial charge in [-0.05, 0) is 0 Å². The number of phosphoric acid groups is 1. The SMILES string of the molecule is O=[N+]([O-])OP(=O)([O-])[O-].[Na+].[Na+]. The van der Waals surface area contributed by atoms with Crippen molar-refractivity contribution in [3.8, 4) is 0 Å². The zero-order chi connectivity index (χ0) is 6.78. The third-order valence-electron chi connectivity index (χ3n) is 0.167. The Morgan fingerprint density at radius 1 is 1.30 bits per heavy atom. The van der Waals surface area contributed by atoms with Crippen molar-refractivity contribution in [3.63, 3.8) is 0 Å². The van der Waals surface area contributed by atoms with Crippen molar-refractivity contribution < 1.29 is 83.2 Å². The molecule has 0 spiro atoms. The van der Waals surface area contributed by atoms with Gasteiger partial charge in [0.2, 0.25) is 0 Å². The van der Waals surface area contributed by atoms with E-state index in [1.54, 1.807) is 0 Å². The van der Waals surface area contributed by atoms with E-state index in [4.69, 9.17) is 10.1 Å². The smallest absolute Gasteiger partial charge is 0.791 e. The first-order valence-electron chi connectivity index (χ1n) is 1.28. The molecule has 0 atom stereocenters. The van der Waals surface area contributed by atoms with Crippen LogP contribution in [0.3, 0.4) is 0 Å². The fourth-order valence-electron chi connectivity index (χ4n) is 0.0816. The zero-order valence-electron chi connectivity index (χ0n) is 5.34. The molecule has 48 valence electrons. The van der Waals surface area contributed by atoms with Gasteiger partial charge in [-0.1, -0.05) is 0 Å². The Balaban J connectivity index is -0.000000245. The van der Waals surface area contributed by atoms with E-state index < -0.39 is 12.9 Å². The van der Waals surface area contributed by atoms with Crippen LogP contribution >= 0.6 is 7.82 Å². The van der Waals surface area contributed by atoms with Gasteiger partial charge < -0.3 is 14.4 Å². The number of hydrogen-bond acceptors (Lipinski definition) is 6. The maximum absolute atomic E-state index is 9.25. The molecule has 0 unspecified atom stereocenters. The van der Waals surface area contributed by atoms with Crippen LogP contribution < -0.4 is 68.9 Å². The van der Waals surface area contributed by atoms with Crippen LogP contribution in [0.15, 0.2) is 0 Å². The summed E-state index contributed by atoms with van der Waals surface area (Å²) < 4.78 is 11.9. The molecule has 10 heteroatoms. The van der Waals surface area contributed by atoms with Crippen molar-refractivity contribution in [2.45, 2.75) is 0 Å². The Labute approximate surface area is 100 Å². The van der Waals surface area contributed by atoms with Crippen molar-refractivity contribution in [2.24, 2.45) is 0 Å². The monoisotopic (exact) mass is 187 g/mol. The van der Waals surface area contributed by atoms with E-state index in [1.165, 1.54) is 0 Å². The summed E-state index contributed by atoms with van der Waals surface area (Å²) in [5.74, 6) is 0. The van der Waals surface area contributed by atoms with E-state index in [2.05, 4.69) is 4.62 Å². The Hall–Kier alpha value is 1.35. The number of nitrogens with zero attached hydrogens (tertiary/aromatic N) is 1. The van der Waals surface area contributed by atoms with Gasteiger partial charge in [0, 0.05) is 0 Å². The standard InChI is InChI=1S/H2NO6P.2Na/c2-1(3)7-8(4,5)6;;/h(H2,4,5,6);;/q;2*+1/p-2. The second-order valence-corrected chi connectivity index (χ2v) is 1.81. The second kappa shape index (κ2) is 7.02. The van der Waals surface area contributed by atoms with Crippen molar-refractivity contribution in [2.75, 3.05) is 0 Å². The molecule has 0 aliphatic rings. The average molecular weight is 187 g/mol. The van der Waals surface area contributed by atoms with Gasteiger partial charge in [0.25, 0.3) is 5.09 Å². The molecule has 0 amide bonds. The van der Waals surface area contributed by atoms with Gasteiger partial charge >= 0.3 is 59.1 Å². The van der Waals surface area contributed by atoms with E-state index in [-0.39, 0.29) is 59.1 Å². The molecule has 0 radical (unpaired) electrons. The summed E-state index contributed by atoms with van der Waals surface area (Å²) in [7, 11) is -5.42. The quantitative estimate of drug-likeness (QED) is 0.183. The summed E-state index contributed by atoms with van der Waals surface area (Å²) in [6.45, 7) is 0. The van der Waals surface area contributed by atoms with Crippen molar-refractivity contribution in [3.05, 3.63) is 10.1 Å². The van der Waals surface area contributed by atoms with Crippen molar-refractivity contribution in [1.29, 1.82) is 0 Å². The van der Waals surface area contributed by atoms with Gasteiger partial charge in [-0.25, -0.2) is 0 Å². The fraction of sp³-hybridized carbons (Fsp3) is 0. The normalized spacial score (nSPS) is 8.60. The molecular weight excluding hydrogens is 187 g/mol. The fourth-order valence-corrected chi connectivity index (χ4v) is 0.245. The topological polar surface area (TPSA) is 116 Å². The minimum absolute atomic E-state index is 0. The molecular formula is NNa2O6P. The Morgan fingerprint density at radius 3 is 1.60 bits per heavy atom. The molecule has 0 aliphatic heterocycles. The van der Waals surface area contributed by atoms with E-state index in [1.807, 2.05) is 0 Å². The van der Waals surface area contributed by atoms with Crippen LogP contribution in [0.4, 0.5) is 0 Å². The molecule has 0 bridgehead atoms. The third-order valence-corrected chi connectivity index (χ3v) is 0.500. The minimum Gasteiger partial charge on any atom is -0.791 e. The Kier molecular flexibility index (Phi) is 12.2. The third kappa shape index (κ3) is 16.2. The van der Waals surface area contributed by atoms with Gasteiger partial charge in [-0.2, -0.15) is 0 Å². The molecule has 0 aliphatic carbocycles. The van der Waals surface area contributed by atoms with Crippen LogP contribution in [0.25, 0.3) is 0 Å². The molecule has 0 saturated heterocycles. The zero-order valence-corrected chi connectivity index (χ0v) is 10.2. The van der Waals surface area contributed by atoms with Gasteiger partial charge in [0.1, 0.15) is 7.82 Å². The molecule has 7 nitrogen and oxygen atoms in total. The summed E-state index contributed by atoms with van der Waals surface area (Å²) in [6, 6.07) is 0. The largest absolute Gasteiger partial charge is 1.00 e. The van der Waals surface area contributed by atoms with Crippen LogP contribution in [0.2, 0.25) is 0 Å². The van der Waals surface area contributed by atoms with Gasteiger partial charge in [0.05, 0.1) is 0 Å². The van der Waals surface area contributed by atoms with Crippen LogP contribution in [-0.4, -0.2) is 5.09 Å². The Morgan fingerprint density at radius 2 is 1.60 bits per heavy atom. The summed E-state index contributed by atoms with van der Waals surface area (Å²) in [4.78, 5) is 27.5. The maximum Gasteiger partial charge on any atom is 1.00 e. The predicted molar refractivity (Wildman–Crippen MR) is 15.7 cm³/mol. The maximum atomic E-state index is 9.25. The van der Waals surface area contributed by atoms with E-state index >= 15 is 0 Å². The van der Waals surface area contributed by atoms with Crippen LogP contribution in [0.5, 0.6) is 0 Å². The van der Waals surface area contributed by atoms with E-state index in [0.29, 0.717) is 0 Å². The van der Waals surface area contributed by atoms with E-state index in [9.17, 15) is 14.4 Å². The molecule has 0 aromatic heterocycles. The number of hydrogen-bond donors (Lipinski definition) is 0. The van der Waals surface area contributed by atoms with Crippen molar-refractivity contribution in [1.82, 2.24) is 0 Å². The molecule has 0 rings (SSSR count). The van der Waals surface area contributed by atoms with Crippen LogP contribution in [0.1, 0.15) is 0 Å². The molecule has 0 fully saturated rings.